The van der Waals surface area contributed by atoms with E-state index in [1.807, 2.05) is 108 Å². The second-order valence-electron chi connectivity index (χ2n) is 8.62. The number of hydrogen-bond donors (Lipinski definition) is 1. The molecule has 0 aliphatic heterocycles. The summed E-state index contributed by atoms with van der Waals surface area (Å²) >= 11 is 1.26. The van der Waals surface area contributed by atoms with Crippen molar-refractivity contribution in [1.29, 1.82) is 0 Å². The van der Waals surface area contributed by atoms with Crippen LogP contribution < -0.4 is 19.6 Å². The van der Waals surface area contributed by atoms with E-state index in [-0.39, 0.29) is 11.7 Å². The van der Waals surface area contributed by atoms with Crippen molar-refractivity contribution in [3.8, 4) is 40.1 Å². The molecule has 0 bridgehead atoms. The smallest absolute Gasteiger partial charge is 0.250 e. The highest BCUT2D eigenvalue weighted by Gasteiger charge is 2.18. The van der Waals surface area contributed by atoms with Gasteiger partial charge in [0.15, 0.2) is 22.5 Å². The molecular formula is C31H27N5O4S. The number of carbonyl (C=O) groups is 1. The first-order valence-corrected chi connectivity index (χ1v) is 13.6. The minimum Gasteiger partial charge on any atom is -0.493 e. The highest BCUT2D eigenvalue weighted by molar-refractivity contribution is 7.99. The Hall–Kier alpha value is -5.09. The molecule has 0 aliphatic carbocycles. The third-order valence-electron chi connectivity index (χ3n) is 5.86. The maximum Gasteiger partial charge on any atom is 0.250 e. The van der Waals surface area contributed by atoms with E-state index in [2.05, 4.69) is 20.7 Å². The highest BCUT2D eigenvalue weighted by atomic mass is 32.2. The van der Waals surface area contributed by atoms with Crippen LogP contribution in [0.4, 0.5) is 0 Å². The third-order valence-corrected chi connectivity index (χ3v) is 6.79. The number of hydrogen-bond acceptors (Lipinski definition) is 8. The molecule has 0 unspecified atom stereocenters. The summed E-state index contributed by atoms with van der Waals surface area (Å²) in [5.74, 6) is 3.03. The van der Waals surface area contributed by atoms with Crippen LogP contribution in [0.15, 0.2) is 113 Å². The second-order valence-corrected chi connectivity index (χ2v) is 9.56. The number of para-hydroxylation sites is 2. The van der Waals surface area contributed by atoms with Gasteiger partial charge in [-0.15, -0.1) is 10.2 Å². The molecule has 0 radical (unpaired) electrons. The van der Waals surface area contributed by atoms with Crippen LogP contribution in [0.5, 0.6) is 23.0 Å². The lowest BCUT2D eigenvalue weighted by Crippen LogP contribution is -2.20. The first-order chi connectivity index (χ1) is 20.1. The van der Waals surface area contributed by atoms with Crippen LogP contribution in [0, 0.1) is 0 Å². The number of benzene rings is 4. The highest BCUT2D eigenvalue weighted by Crippen LogP contribution is 2.34. The summed E-state index contributed by atoms with van der Waals surface area (Å²) in [7, 11) is 3.17. The zero-order valence-corrected chi connectivity index (χ0v) is 23.2. The number of nitrogens with zero attached hydrogens (tertiary/aromatic N) is 4. The lowest BCUT2D eigenvalue weighted by atomic mass is 10.2. The molecule has 0 saturated carbocycles. The van der Waals surface area contributed by atoms with Crippen molar-refractivity contribution in [2.45, 2.75) is 5.16 Å². The molecule has 10 heteroatoms. The average Bonchev–Trinajstić information content (AvgIpc) is 3.45. The van der Waals surface area contributed by atoms with E-state index < -0.39 is 0 Å². The Labute approximate surface area is 241 Å². The van der Waals surface area contributed by atoms with Crippen LogP contribution >= 0.6 is 11.8 Å². The van der Waals surface area contributed by atoms with E-state index in [4.69, 9.17) is 14.2 Å². The molecule has 5 rings (SSSR count). The number of nitrogens with one attached hydrogen (secondary N) is 1. The van der Waals surface area contributed by atoms with Gasteiger partial charge in [-0.25, -0.2) is 5.43 Å². The van der Waals surface area contributed by atoms with Crippen LogP contribution in [0.2, 0.25) is 0 Å². The first-order valence-electron chi connectivity index (χ1n) is 12.7. The molecule has 9 nitrogen and oxygen atoms in total. The van der Waals surface area contributed by atoms with Gasteiger partial charge in [-0.3, -0.25) is 9.36 Å². The van der Waals surface area contributed by atoms with E-state index in [1.165, 1.54) is 11.8 Å². The molecule has 4 aromatic carbocycles. The van der Waals surface area contributed by atoms with Gasteiger partial charge in [0.05, 0.1) is 26.2 Å². The van der Waals surface area contributed by atoms with Crippen molar-refractivity contribution in [2.75, 3.05) is 20.0 Å². The van der Waals surface area contributed by atoms with Crippen LogP contribution in [-0.2, 0) is 4.79 Å². The van der Waals surface area contributed by atoms with Crippen LogP contribution in [0.1, 0.15) is 5.56 Å². The van der Waals surface area contributed by atoms with Crippen molar-refractivity contribution >= 4 is 23.9 Å². The van der Waals surface area contributed by atoms with E-state index in [0.29, 0.717) is 28.2 Å². The van der Waals surface area contributed by atoms with E-state index in [9.17, 15) is 4.79 Å². The maximum absolute atomic E-state index is 12.6. The second kappa shape index (κ2) is 13.3. The molecule has 0 saturated heterocycles. The van der Waals surface area contributed by atoms with Gasteiger partial charge < -0.3 is 14.2 Å². The number of carbonyl (C=O) groups excluding carboxylic acids is 1. The van der Waals surface area contributed by atoms with Crippen molar-refractivity contribution in [2.24, 2.45) is 5.10 Å². The summed E-state index contributed by atoms with van der Waals surface area (Å²) in [6.45, 7) is 0. The fourth-order valence-corrected chi connectivity index (χ4v) is 4.70. The fraction of sp³-hybridized carbons (Fsp3) is 0.0968. The molecule has 1 aromatic heterocycles. The fourth-order valence-electron chi connectivity index (χ4n) is 3.96. The van der Waals surface area contributed by atoms with E-state index >= 15 is 0 Å². The van der Waals surface area contributed by atoms with Crippen LogP contribution in [-0.4, -0.2) is 46.9 Å². The minimum absolute atomic E-state index is 0.0887. The van der Waals surface area contributed by atoms with Crippen LogP contribution in [0.25, 0.3) is 17.1 Å². The van der Waals surface area contributed by atoms with Crippen molar-refractivity contribution in [3.05, 3.63) is 109 Å². The molecule has 0 atom stereocenters. The predicted octanol–water partition coefficient (Wildman–Crippen LogP) is 5.99. The molecule has 41 heavy (non-hydrogen) atoms. The largest absolute Gasteiger partial charge is 0.493 e. The topological polar surface area (TPSA) is 99.9 Å². The Balaban J connectivity index is 1.27. The lowest BCUT2D eigenvalue weighted by Gasteiger charge is -2.12. The SMILES string of the molecule is COc1ccc(-c2nnc(SCC(=O)N/N=C/c3cccc(Oc4ccccc4)c3)n2-c2ccccc2)cc1OC. The molecule has 1 heterocycles. The van der Waals surface area contributed by atoms with Crippen molar-refractivity contribution in [1.82, 2.24) is 20.2 Å². The standard InChI is InChI=1S/C31H27N5O4S/c1-38-27-17-16-23(19-28(27)39-2)30-34-35-31(36(30)24-11-5-3-6-12-24)41-21-29(37)33-32-20-22-10-9-15-26(18-22)40-25-13-7-4-8-14-25/h3-20H,21H2,1-2H3,(H,33,37)/b32-20+. The predicted molar refractivity (Wildman–Crippen MR) is 159 cm³/mol. The number of thioether (sulfide) groups is 1. The summed E-state index contributed by atoms with van der Waals surface area (Å²) in [5, 5.41) is 13.5. The lowest BCUT2D eigenvalue weighted by molar-refractivity contribution is -0.118. The average molecular weight is 566 g/mol. The Kier molecular flexibility index (Phi) is 8.92. The molecular weight excluding hydrogens is 538 g/mol. The van der Waals surface area contributed by atoms with Gasteiger partial charge >= 0.3 is 0 Å². The number of amides is 1. The maximum atomic E-state index is 12.6. The van der Waals surface area contributed by atoms with Crippen molar-refractivity contribution in [3.63, 3.8) is 0 Å². The third kappa shape index (κ3) is 6.92. The Morgan fingerprint density at radius 1 is 0.854 bits per heavy atom. The quantitative estimate of drug-likeness (QED) is 0.119. The summed E-state index contributed by atoms with van der Waals surface area (Å²) in [5.41, 5.74) is 5.02. The minimum atomic E-state index is -0.279. The zero-order valence-electron chi connectivity index (χ0n) is 22.4. The Morgan fingerprint density at radius 3 is 2.34 bits per heavy atom. The Bertz CT molecular complexity index is 1640. The van der Waals surface area contributed by atoms with Crippen LogP contribution in [0.3, 0.4) is 0 Å². The number of hydrazone groups is 1. The van der Waals surface area contributed by atoms with Gasteiger partial charge in [0.2, 0.25) is 0 Å². The number of ether oxygens (including phenoxy) is 3. The van der Waals surface area contributed by atoms with Gasteiger partial charge in [0, 0.05) is 11.3 Å². The molecule has 1 amide bonds. The van der Waals surface area contributed by atoms with Gasteiger partial charge in [0.1, 0.15) is 11.5 Å². The molecule has 0 aliphatic rings. The molecule has 206 valence electrons. The summed E-state index contributed by atoms with van der Waals surface area (Å²) in [4.78, 5) is 12.6. The summed E-state index contributed by atoms with van der Waals surface area (Å²) in [6.07, 6.45) is 1.57. The Morgan fingerprint density at radius 2 is 1.59 bits per heavy atom. The van der Waals surface area contributed by atoms with E-state index in [1.54, 1.807) is 20.4 Å². The van der Waals surface area contributed by atoms with E-state index in [0.717, 1.165) is 22.6 Å². The first kappa shape index (κ1) is 27.5. The monoisotopic (exact) mass is 565 g/mol. The van der Waals surface area contributed by atoms with Gasteiger partial charge in [-0.1, -0.05) is 60.3 Å². The van der Waals surface area contributed by atoms with Gasteiger partial charge in [-0.05, 0) is 60.2 Å². The molecule has 5 aromatic rings. The number of methoxy groups -OCH3 is 2. The number of rotatable bonds is 11. The molecule has 0 fully saturated rings. The summed E-state index contributed by atoms with van der Waals surface area (Å²) < 4.78 is 18.6. The number of aromatic nitrogens is 3. The molecule has 1 N–H and O–H groups in total. The summed E-state index contributed by atoms with van der Waals surface area (Å²) in [6, 6.07) is 32.2. The van der Waals surface area contributed by atoms with Gasteiger partial charge in [-0.2, -0.15) is 5.10 Å². The normalized spacial score (nSPS) is 10.9. The molecule has 0 spiro atoms. The van der Waals surface area contributed by atoms with Crippen molar-refractivity contribution < 1.29 is 19.0 Å². The van der Waals surface area contributed by atoms with Gasteiger partial charge in [0.25, 0.3) is 5.91 Å². The zero-order chi connectivity index (χ0) is 28.4.